The number of carboxylic acid groups (broad SMARTS) is 1. The minimum absolute atomic E-state index is 0.296. The molecule has 6 nitrogen and oxygen atoms in total. The summed E-state index contributed by atoms with van der Waals surface area (Å²) in [5.74, 6) is -3.67. The molecule has 0 spiro atoms. The Hall–Kier alpha value is -1.59. The summed E-state index contributed by atoms with van der Waals surface area (Å²) in [6, 6.07) is 0. The molecule has 1 N–H and O–H groups in total. The highest BCUT2D eigenvalue weighted by Crippen LogP contribution is 2.37. The summed E-state index contributed by atoms with van der Waals surface area (Å²) in [4.78, 5) is 36.7. The highest BCUT2D eigenvalue weighted by Gasteiger charge is 2.46. The van der Waals surface area contributed by atoms with Crippen molar-refractivity contribution in [2.24, 2.45) is 29.6 Å². The number of carbonyl (C=O) groups is 3. The number of esters is 2. The van der Waals surface area contributed by atoms with Gasteiger partial charge < -0.3 is 14.6 Å². The minimum atomic E-state index is -1.12. The molecule has 0 aromatic carbocycles. The summed E-state index contributed by atoms with van der Waals surface area (Å²) in [5.41, 5.74) is 0. The lowest BCUT2D eigenvalue weighted by Crippen LogP contribution is -2.43. The van der Waals surface area contributed by atoms with Crippen molar-refractivity contribution >= 4 is 17.9 Å². The van der Waals surface area contributed by atoms with Gasteiger partial charge in [0.1, 0.15) is 0 Å². The van der Waals surface area contributed by atoms with Crippen LogP contribution in [0.15, 0.2) is 0 Å². The van der Waals surface area contributed by atoms with Gasteiger partial charge in [0.2, 0.25) is 0 Å². The molecule has 0 aliphatic heterocycles. The highest BCUT2D eigenvalue weighted by atomic mass is 16.5. The second-order valence-corrected chi connectivity index (χ2v) is 8.42. The second kappa shape index (κ2) is 12.0. The Morgan fingerprint density at radius 2 is 1.26 bits per heavy atom. The first kappa shape index (κ1) is 23.4. The lowest BCUT2D eigenvalue weighted by atomic mass is 9.72. The number of rotatable bonds is 11. The van der Waals surface area contributed by atoms with E-state index >= 15 is 0 Å². The van der Waals surface area contributed by atoms with Crippen LogP contribution in [0.5, 0.6) is 0 Å². The Morgan fingerprint density at radius 1 is 0.852 bits per heavy atom. The molecule has 1 rings (SSSR count). The average molecular weight is 385 g/mol. The zero-order valence-electron chi connectivity index (χ0n) is 17.2. The van der Waals surface area contributed by atoms with Crippen LogP contribution in [0.2, 0.25) is 0 Å². The van der Waals surface area contributed by atoms with Crippen LogP contribution >= 0.6 is 0 Å². The first-order valence-corrected chi connectivity index (χ1v) is 10.3. The molecule has 0 aromatic heterocycles. The standard InChI is InChI=1S/C21H36O6/c1-14(2)8-6-12-26-20(24)16-10-5-11-17(18(16)19(22)23)21(25)27-13-7-9-15(3)4/h14-18H,5-13H2,1-4H3,(H,22,23). The van der Waals surface area contributed by atoms with Gasteiger partial charge in [-0.1, -0.05) is 34.1 Å². The van der Waals surface area contributed by atoms with Crippen molar-refractivity contribution in [2.75, 3.05) is 13.2 Å². The summed E-state index contributed by atoms with van der Waals surface area (Å²) in [7, 11) is 0. The number of carbonyl (C=O) groups excluding carboxylic acids is 2. The molecule has 1 saturated carbocycles. The fourth-order valence-corrected chi connectivity index (χ4v) is 3.61. The van der Waals surface area contributed by atoms with Crippen molar-refractivity contribution < 1.29 is 29.0 Å². The third-order valence-electron chi connectivity index (χ3n) is 5.13. The summed E-state index contributed by atoms with van der Waals surface area (Å²) in [5, 5.41) is 9.65. The van der Waals surface area contributed by atoms with Gasteiger partial charge in [0, 0.05) is 0 Å². The number of hydrogen-bond donors (Lipinski definition) is 1. The van der Waals surface area contributed by atoms with Crippen LogP contribution in [-0.4, -0.2) is 36.2 Å². The van der Waals surface area contributed by atoms with E-state index in [2.05, 4.69) is 27.7 Å². The van der Waals surface area contributed by atoms with Crippen LogP contribution in [0.4, 0.5) is 0 Å². The molecule has 0 bridgehead atoms. The summed E-state index contributed by atoms with van der Waals surface area (Å²) in [6.07, 6.45) is 4.93. The van der Waals surface area contributed by atoms with E-state index < -0.39 is 35.7 Å². The van der Waals surface area contributed by atoms with Gasteiger partial charge in [-0.15, -0.1) is 0 Å². The molecule has 2 unspecified atom stereocenters. The van der Waals surface area contributed by atoms with Crippen molar-refractivity contribution in [2.45, 2.75) is 72.6 Å². The van der Waals surface area contributed by atoms with E-state index in [4.69, 9.17) is 9.47 Å². The lowest BCUT2D eigenvalue weighted by molar-refractivity contribution is -0.169. The quantitative estimate of drug-likeness (QED) is 0.427. The molecule has 2 atom stereocenters. The molecule has 6 heteroatoms. The Balaban J connectivity index is 2.62. The lowest BCUT2D eigenvalue weighted by Gasteiger charge is -2.32. The van der Waals surface area contributed by atoms with Crippen LogP contribution in [0.25, 0.3) is 0 Å². The number of aliphatic carboxylic acids is 1. The largest absolute Gasteiger partial charge is 0.481 e. The van der Waals surface area contributed by atoms with Crippen molar-refractivity contribution in [3.05, 3.63) is 0 Å². The first-order valence-electron chi connectivity index (χ1n) is 10.3. The second-order valence-electron chi connectivity index (χ2n) is 8.42. The topological polar surface area (TPSA) is 89.9 Å². The summed E-state index contributed by atoms with van der Waals surface area (Å²) < 4.78 is 10.6. The maximum atomic E-state index is 12.4. The van der Waals surface area contributed by atoms with Gasteiger partial charge >= 0.3 is 17.9 Å². The average Bonchev–Trinajstić information content (AvgIpc) is 2.60. The minimum Gasteiger partial charge on any atom is -0.481 e. The smallest absolute Gasteiger partial charge is 0.309 e. The van der Waals surface area contributed by atoms with E-state index in [1.807, 2.05) is 0 Å². The maximum absolute atomic E-state index is 12.4. The number of carboxylic acids is 1. The molecule has 0 aromatic rings. The number of hydrogen-bond acceptors (Lipinski definition) is 5. The SMILES string of the molecule is CC(C)CCCOC(=O)C1CCCC(C(=O)OCCCC(C)C)C1C(=O)O. The molecule has 27 heavy (non-hydrogen) atoms. The van der Waals surface area contributed by atoms with Gasteiger partial charge in [-0.25, -0.2) is 0 Å². The van der Waals surface area contributed by atoms with Crippen LogP contribution < -0.4 is 0 Å². The maximum Gasteiger partial charge on any atom is 0.309 e. The van der Waals surface area contributed by atoms with Gasteiger partial charge in [0.25, 0.3) is 0 Å². The predicted octanol–water partition coefficient (Wildman–Crippen LogP) is 4.06. The molecule has 156 valence electrons. The fraction of sp³-hybridized carbons (Fsp3) is 0.857. The van der Waals surface area contributed by atoms with Gasteiger partial charge in [-0.05, 0) is 50.4 Å². The van der Waals surface area contributed by atoms with E-state index in [9.17, 15) is 19.5 Å². The third kappa shape index (κ3) is 8.31. The Kier molecular flexibility index (Phi) is 10.4. The zero-order chi connectivity index (χ0) is 20.4. The van der Waals surface area contributed by atoms with E-state index in [-0.39, 0.29) is 0 Å². The van der Waals surface area contributed by atoms with Crippen molar-refractivity contribution in [1.82, 2.24) is 0 Å². The van der Waals surface area contributed by atoms with Crippen LogP contribution in [-0.2, 0) is 23.9 Å². The Bertz CT molecular complexity index is 449. The van der Waals surface area contributed by atoms with E-state index in [0.717, 1.165) is 25.7 Å². The first-order chi connectivity index (χ1) is 12.7. The molecule has 0 saturated heterocycles. The van der Waals surface area contributed by atoms with Gasteiger partial charge in [0.15, 0.2) is 0 Å². The predicted molar refractivity (Wildman–Crippen MR) is 102 cm³/mol. The molecule has 0 amide bonds. The molecular weight excluding hydrogens is 348 g/mol. The van der Waals surface area contributed by atoms with E-state index in [0.29, 0.717) is 44.3 Å². The van der Waals surface area contributed by atoms with Gasteiger partial charge in [0.05, 0.1) is 31.0 Å². The molecule has 0 heterocycles. The summed E-state index contributed by atoms with van der Waals surface area (Å²) in [6.45, 7) is 8.98. The van der Waals surface area contributed by atoms with Crippen molar-refractivity contribution in [1.29, 1.82) is 0 Å². The molecule has 1 aliphatic rings. The monoisotopic (exact) mass is 384 g/mol. The van der Waals surface area contributed by atoms with Crippen molar-refractivity contribution in [3.63, 3.8) is 0 Å². The molecular formula is C21H36O6. The highest BCUT2D eigenvalue weighted by molar-refractivity contribution is 5.86. The third-order valence-corrected chi connectivity index (χ3v) is 5.13. The fourth-order valence-electron chi connectivity index (χ4n) is 3.61. The zero-order valence-corrected chi connectivity index (χ0v) is 17.2. The summed E-state index contributed by atoms with van der Waals surface area (Å²) >= 11 is 0. The van der Waals surface area contributed by atoms with Crippen molar-refractivity contribution in [3.8, 4) is 0 Å². The van der Waals surface area contributed by atoms with E-state index in [1.54, 1.807) is 0 Å². The van der Waals surface area contributed by atoms with Crippen LogP contribution in [0, 0.1) is 29.6 Å². The van der Waals surface area contributed by atoms with Crippen LogP contribution in [0.1, 0.15) is 72.6 Å². The molecule has 1 aliphatic carbocycles. The number of ether oxygens (including phenoxy) is 2. The van der Waals surface area contributed by atoms with Crippen LogP contribution in [0.3, 0.4) is 0 Å². The Labute approximate surface area is 163 Å². The molecule has 0 radical (unpaired) electrons. The van der Waals surface area contributed by atoms with E-state index in [1.165, 1.54) is 0 Å². The van der Waals surface area contributed by atoms with Gasteiger partial charge in [-0.3, -0.25) is 14.4 Å². The Morgan fingerprint density at radius 3 is 1.59 bits per heavy atom. The van der Waals surface area contributed by atoms with Gasteiger partial charge in [-0.2, -0.15) is 0 Å². The normalized spacial score (nSPS) is 22.7. The molecule has 1 fully saturated rings.